The van der Waals surface area contributed by atoms with Crippen LogP contribution in [0.25, 0.3) is 0 Å². The van der Waals surface area contributed by atoms with E-state index in [1.165, 1.54) is 84.8 Å². The predicted molar refractivity (Wildman–Crippen MR) is 381 cm³/mol. The van der Waals surface area contributed by atoms with Gasteiger partial charge in [-0.15, -0.1) is 0 Å². The van der Waals surface area contributed by atoms with E-state index in [-0.39, 0.29) is 56.9 Å². The van der Waals surface area contributed by atoms with Gasteiger partial charge in [-0.1, -0.05) is 121 Å². The standard InChI is InChI=1S/C75H114ClF3N12O12/c1-10-48(2)63-71(101)85(5)46-61(94)83(3)47-62(95)86(6)57(43-49-26-15-11-16-27-49)69(99)84(4)45-59(92)80-55(36-34-50-33-35-53(54(76)42-50)75(77,78)79)68(98)91-41-25-32-56(91)66(96)82-74(37-21-22-38-74)73(103)89(9)65(52-30-19-13-20-31-52)72(102)87(7)58(70(100)90-39-23-14-24-40-90)44-60(93)88(8)64(67(97)81-63)51-28-17-12-18-29-51/h33,35,42,48-49,51-52,55-58,63-65H,10-32,34,36-41,43-47H2,1-9H3,(H,80,92)(H,81,97)(H,82,96)/t48-,55-,56-,57-,58+,63-,64-,65-/m0/s1. The summed E-state index contributed by atoms with van der Waals surface area (Å²) in [6.45, 7) is 2.81. The smallest absolute Gasteiger partial charge is 0.343 e. The predicted octanol–water partition coefficient (Wildman–Crippen LogP) is 6.96. The van der Waals surface area contributed by atoms with Crippen LogP contribution in [0, 0.1) is 23.7 Å². The lowest BCUT2D eigenvalue weighted by Crippen LogP contribution is -2.65. The first-order valence-corrected chi connectivity index (χ1v) is 38.4. The van der Waals surface area contributed by atoms with E-state index >= 15 is 33.6 Å². The summed E-state index contributed by atoms with van der Waals surface area (Å²) in [4.78, 5) is 193. The molecule has 12 amide bonds. The maximum Gasteiger partial charge on any atom is 0.417 e. The highest BCUT2D eigenvalue weighted by Crippen LogP contribution is 2.39. The number of hydrogen-bond donors (Lipinski definition) is 3. The number of carbonyl (C=O) groups is 12. The van der Waals surface area contributed by atoms with Crippen LogP contribution in [0.2, 0.25) is 5.02 Å². The minimum Gasteiger partial charge on any atom is -0.343 e. The van der Waals surface area contributed by atoms with Gasteiger partial charge in [0.2, 0.25) is 70.9 Å². The van der Waals surface area contributed by atoms with E-state index in [4.69, 9.17) is 11.6 Å². The number of hydrogen-bond acceptors (Lipinski definition) is 12. The van der Waals surface area contributed by atoms with Crippen molar-refractivity contribution in [3.05, 3.63) is 34.3 Å². The van der Waals surface area contributed by atoms with Gasteiger partial charge in [0.25, 0.3) is 0 Å². The fourth-order valence-electron chi connectivity index (χ4n) is 17.1. The summed E-state index contributed by atoms with van der Waals surface area (Å²) in [5.41, 5.74) is -2.33. The van der Waals surface area contributed by atoms with E-state index < -0.39 is 173 Å². The highest BCUT2D eigenvalue weighted by molar-refractivity contribution is 6.31. The number of fused-ring (bicyclic) bond motifs is 1. The molecule has 1 aromatic rings. The van der Waals surface area contributed by atoms with Gasteiger partial charge in [0.1, 0.15) is 47.8 Å². The van der Waals surface area contributed by atoms with Crippen LogP contribution in [0.3, 0.4) is 0 Å². The first-order valence-electron chi connectivity index (χ1n) is 38.0. The van der Waals surface area contributed by atoms with Crippen LogP contribution in [0.4, 0.5) is 13.2 Å². The number of nitrogens with zero attached hydrogens (tertiary/aromatic N) is 9. The van der Waals surface area contributed by atoms with E-state index in [0.717, 1.165) is 99.0 Å². The first-order chi connectivity index (χ1) is 48.9. The lowest BCUT2D eigenvalue weighted by Gasteiger charge is -2.43. The van der Waals surface area contributed by atoms with Gasteiger partial charge in [-0.2, -0.15) is 13.2 Å². The van der Waals surface area contributed by atoms with Crippen molar-refractivity contribution in [2.75, 3.05) is 88.6 Å². The van der Waals surface area contributed by atoms with E-state index in [0.29, 0.717) is 82.9 Å². The molecule has 3 aliphatic heterocycles. The second-order valence-electron chi connectivity index (χ2n) is 30.9. The van der Waals surface area contributed by atoms with Gasteiger partial charge >= 0.3 is 6.18 Å². The molecule has 0 bridgehead atoms. The van der Waals surface area contributed by atoms with Crippen molar-refractivity contribution in [3.63, 3.8) is 0 Å². The molecule has 3 heterocycles. The van der Waals surface area contributed by atoms with Crippen molar-refractivity contribution in [1.29, 1.82) is 0 Å². The summed E-state index contributed by atoms with van der Waals surface area (Å²) in [6, 6.07) is -5.40. The van der Waals surface area contributed by atoms with Gasteiger partial charge in [-0.3, -0.25) is 57.5 Å². The molecule has 3 saturated heterocycles. The molecule has 4 saturated carbocycles. The number of likely N-dealkylation sites (N-methyl/N-ethyl adjacent to an activating group) is 7. The van der Waals surface area contributed by atoms with Crippen LogP contribution in [0.5, 0.6) is 0 Å². The molecular formula is C75H114ClF3N12O12. The molecule has 7 aliphatic rings. The molecule has 0 aromatic heterocycles. The fourth-order valence-corrected chi connectivity index (χ4v) is 17.4. The maximum absolute atomic E-state index is 15.9. The molecule has 4 aliphatic carbocycles. The Morgan fingerprint density at radius 2 is 1.16 bits per heavy atom. The molecule has 7 fully saturated rings. The van der Waals surface area contributed by atoms with Crippen molar-refractivity contribution in [1.82, 2.24) is 60.0 Å². The zero-order valence-electron chi connectivity index (χ0n) is 62.3. The van der Waals surface area contributed by atoms with Gasteiger partial charge in [-0.05, 0) is 131 Å². The monoisotopic (exact) mass is 1470 g/mol. The second kappa shape index (κ2) is 36.8. The molecule has 8 rings (SSSR count). The molecule has 103 heavy (non-hydrogen) atoms. The number of alkyl halides is 3. The Kier molecular flexibility index (Phi) is 29.1. The van der Waals surface area contributed by atoms with Gasteiger partial charge in [0.15, 0.2) is 0 Å². The molecule has 28 heteroatoms. The second-order valence-corrected chi connectivity index (χ2v) is 31.3. The van der Waals surface area contributed by atoms with Gasteiger partial charge in [0, 0.05) is 69.0 Å². The average molecular weight is 1470 g/mol. The largest absolute Gasteiger partial charge is 0.417 e. The normalized spacial score (nSPS) is 27.5. The minimum absolute atomic E-state index is 0.0220. The Hall–Kier alpha value is -7.06. The molecule has 3 N–H and O–H groups in total. The Morgan fingerprint density at radius 3 is 1.75 bits per heavy atom. The van der Waals surface area contributed by atoms with Gasteiger partial charge in [0.05, 0.1) is 36.6 Å². The van der Waals surface area contributed by atoms with Crippen molar-refractivity contribution in [2.24, 2.45) is 23.7 Å². The van der Waals surface area contributed by atoms with E-state index in [9.17, 15) is 37.1 Å². The molecule has 0 radical (unpaired) electrons. The zero-order valence-corrected chi connectivity index (χ0v) is 63.0. The number of aryl methyl sites for hydroxylation is 1. The molecule has 0 unspecified atom stereocenters. The van der Waals surface area contributed by atoms with E-state index in [2.05, 4.69) is 16.0 Å². The number of nitrogens with one attached hydrogen (secondary N) is 3. The number of rotatable bonds is 10. The van der Waals surface area contributed by atoms with Crippen LogP contribution < -0.4 is 16.0 Å². The Balaban J connectivity index is 1.18. The summed E-state index contributed by atoms with van der Waals surface area (Å²) in [5.74, 6) is -8.64. The number of amides is 12. The summed E-state index contributed by atoms with van der Waals surface area (Å²) in [6.07, 6.45) is 10.8. The van der Waals surface area contributed by atoms with E-state index in [1.54, 1.807) is 11.8 Å². The van der Waals surface area contributed by atoms with Crippen molar-refractivity contribution >= 4 is 82.5 Å². The third-order valence-corrected chi connectivity index (χ3v) is 24.0. The summed E-state index contributed by atoms with van der Waals surface area (Å²) in [5, 5.41) is 8.31. The Bertz CT molecular complexity index is 3200. The van der Waals surface area contributed by atoms with Crippen molar-refractivity contribution in [2.45, 2.75) is 254 Å². The van der Waals surface area contributed by atoms with Crippen LogP contribution >= 0.6 is 11.6 Å². The lowest BCUT2D eigenvalue weighted by atomic mass is 9.81. The first kappa shape index (κ1) is 81.6. The number of benzene rings is 1. The number of halogens is 4. The van der Waals surface area contributed by atoms with Crippen molar-refractivity contribution in [3.8, 4) is 0 Å². The zero-order chi connectivity index (χ0) is 75.2. The van der Waals surface area contributed by atoms with Crippen LogP contribution in [-0.2, 0) is 70.1 Å². The third-order valence-electron chi connectivity index (χ3n) is 23.7. The van der Waals surface area contributed by atoms with Crippen LogP contribution in [0.15, 0.2) is 18.2 Å². The molecule has 24 nitrogen and oxygen atoms in total. The highest BCUT2D eigenvalue weighted by atomic mass is 35.5. The SMILES string of the molecule is CC[C@H](C)[C@@H]1NC(=O)[C@H](C2CCCCC2)N(C)C(=O)C[C@H](C(=O)N2CCCCC2)N(C)C(=O)[C@H](C2CCCCC2)N(C)C(=O)C2(CCCC2)NC(=O)[C@@H]2CCCN2C(=O)[C@H](CCc2ccc(C(F)(F)F)c(Cl)c2)NC(=O)CN(C)C(=O)[C@H](CC2CCCCC2)N(C)C(=O)CN(C)C(=O)CN(C)C1=O. The summed E-state index contributed by atoms with van der Waals surface area (Å²) >= 11 is 6.17. The number of carbonyl (C=O) groups excluding carboxylic acids is 12. The third kappa shape index (κ3) is 20.3. The quantitative estimate of drug-likeness (QED) is 0.215. The molecule has 1 spiro atoms. The van der Waals surface area contributed by atoms with Crippen molar-refractivity contribution < 1.29 is 70.7 Å². The topological polar surface area (TPSA) is 270 Å². The fraction of sp³-hybridized carbons (Fsp3) is 0.760. The molecule has 8 atom stereocenters. The number of piperidine rings is 1. The Labute approximate surface area is 611 Å². The maximum atomic E-state index is 15.9. The van der Waals surface area contributed by atoms with Crippen LogP contribution in [0.1, 0.15) is 205 Å². The summed E-state index contributed by atoms with van der Waals surface area (Å²) < 4.78 is 41.7. The van der Waals surface area contributed by atoms with Gasteiger partial charge in [-0.25, -0.2) is 0 Å². The molecule has 1 aromatic carbocycles. The minimum atomic E-state index is -4.76. The average Bonchev–Trinajstić information content (AvgIpc) is 1.74. The van der Waals surface area contributed by atoms with E-state index in [1.807, 2.05) is 6.92 Å². The van der Waals surface area contributed by atoms with Crippen LogP contribution in [-0.4, -0.2) is 251 Å². The Morgan fingerprint density at radius 1 is 0.583 bits per heavy atom. The highest BCUT2D eigenvalue weighted by Gasteiger charge is 2.52. The number of likely N-dealkylation sites (tertiary alicyclic amines) is 1. The molecule has 574 valence electrons. The molecular weight excluding hydrogens is 1350 g/mol. The van der Waals surface area contributed by atoms with Gasteiger partial charge < -0.3 is 60.0 Å². The lowest BCUT2D eigenvalue weighted by molar-refractivity contribution is -0.157. The summed E-state index contributed by atoms with van der Waals surface area (Å²) in [7, 11) is 10.2.